The summed E-state index contributed by atoms with van der Waals surface area (Å²) in [4.78, 5) is 2.38. The Morgan fingerprint density at radius 1 is 0.380 bits per heavy atom. The molecule has 0 aliphatic carbocycles. The second-order valence-corrected chi connectivity index (χ2v) is 15.3. The molecule has 1 saturated heterocycles. The summed E-state index contributed by atoms with van der Waals surface area (Å²) in [7, 11) is 2.20. The van der Waals surface area contributed by atoms with Crippen LogP contribution in [0.5, 0.6) is 0 Å². The van der Waals surface area contributed by atoms with Gasteiger partial charge in [-0.25, -0.2) is 0 Å². The summed E-state index contributed by atoms with van der Waals surface area (Å²) in [5.41, 5.74) is 0. The van der Waals surface area contributed by atoms with Crippen LogP contribution >= 0.6 is 0 Å². The monoisotopic (exact) mass is 698 g/mol. The van der Waals surface area contributed by atoms with Crippen LogP contribution in [-0.4, -0.2) is 50.5 Å². The standard InChI is InChI=1S/C47H87NO2/c1-4-6-8-10-12-14-16-18-20-22-24-26-28-30-32-34-36-38-40-42-49-46-44-48(3)45-47(46)50-43-41-39-37-35-33-31-29-27-25-23-21-19-17-15-13-11-9-7-5-2/h14-17,20-23,46-47H,4-13,18-19,24-45H2,1-3H3/b16-14-,17-15-,22-20-,23-21-/t46-,47-/m1/s1. The molecule has 1 aliphatic rings. The van der Waals surface area contributed by atoms with Crippen molar-refractivity contribution in [2.75, 3.05) is 33.4 Å². The van der Waals surface area contributed by atoms with Gasteiger partial charge in [-0.3, -0.25) is 0 Å². The highest BCUT2D eigenvalue weighted by Crippen LogP contribution is 2.18. The molecule has 0 radical (unpaired) electrons. The summed E-state index contributed by atoms with van der Waals surface area (Å²) in [5.74, 6) is 0. The highest BCUT2D eigenvalue weighted by atomic mass is 16.5. The molecule has 1 heterocycles. The number of likely N-dealkylation sites (tertiary alicyclic amines) is 1. The van der Waals surface area contributed by atoms with Crippen molar-refractivity contribution in [2.45, 2.75) is 219 Å². The van der Waals surface area contributed by atoms with E-state index in [1.165, 1.54) is 180 Å². The lowest BCUT2D eigenvalue weighted by Crippen LogP contribution is -2.30. The fraction of sp³-hybridized carbons (Fsp3) is 0.830. The first kappa shape index (κ1) is 46.9. The third-order valence-corrected chi connectivity index (χ3v) is 10.3. The molecule has 0 amide bonds. The molecule has 1 rings (SSSR count). The fourth-order valence-electron chi connectivity index (χ4n) is 6.95. The van der Waals surface area contributed by atoms with Gasteiger partial charge in [0.1, 0.15) is 0 Å². The molecular weight excluding hydrogens is 611 g/mol. The summed E-state index contributed by atoms with van der Waals surface area (Å²) < 4.78 is 12.7. The van der Waals surface area contributed by atoms with Gasteiger partial charge < -0.3 is 14.4 Å². The first-order chi connectivity index (χ1) is 24.8. The van der Waals surface area contributed by atoms with E-state index in [0.29, 0.717) is 0 Å². The lowest BCUT2D eigenvalue weighted by molar-refractivity contribution is -0.0481. The number of hydrogen-bond acceptors (Lipinski definition) is 3. The average Bonchev–Trinajstić information content (AvgIpc) is 3.48. The van der Waals surface area contributed by atoms with Gasteiger partial charge in [0, 0.05) is 26.3 Å². The Kier molecular flexibility index (Phi) is 36.6. The van der Waals surface area contributed by atoms with Crippen molar-refractivity contribution in [3.63, 3.8) is 0 Å². The predicted octanol–water partition coefficient (Wildman–Crippen LogP) is 14.7. The van der Waals surface area contributed by atoms with Crippen LogP contribution in [0.1, 0.15) is 206 Å². The first-order valence-corrected chi connectivity index (χ1v) is 22.3. The van der Waals surface area contributed by atoms with Crippen LogP contribution in [0.3, 0.4) is 0 Å². The van der Waals surface area contributed by atoms with Crippen molar-refractivity contribution in [2.24, 2.45) is 0 Å². The zero-order chi connectivity index (χ0) is 35.8. The van der Waals surface area contributed by atoms with Crippen LogP contribution in [0.4, 0.5) is 0 Å². The van der Waals surface area contributed by atoms with Gasteiger partial charge in [0.25, 0.3) is 0 Å². The summed E-state index contributed by atoms with van der Waals surface area (Å²) in [6, 6.07) is 0. The third-order valence-electron chi connectivity index (χ3n) is 10.3. The summed E-state index contributed by atoms with van der Waals surface area (Å²) in [6.07, 6.45) is 59.1. The topological polar surface area (TPSA) is 21.7 Å². The predicted molar refractivity (Wildman–Crippen MR) is 223 cm³/mol. The van der Waals surface area contributed by atoms with Gasteiger partial charge in [-0.2, -0.15) is 0 Å². The normalized spacial score (nSPS) is 17.3. The summed E-state index contributed by atoms with van der Waals surface area (Å²) in [5, 5.41) is 0. The van der Waals surface area contributed by atoms with Gasteiger partial charge in [0.15, 0.2) is 0 Å². The Morgan fingerprint density at radius 2 is 0.660 bits per heavy atom. The van der Waals surface area contributed by atoms with E-state index in [-0.39, 0.29) is 12.2 Å². The Labute approximate surface area is 314 Å². The van der Waals surface area contributed by atoms with Crippen LogP contribution in [0, 0.1) is 0 Å². The second kappa shape index (κ2) is 39.1. The minimum atomic E-state index is 0.257. The lowest BCUT2D eigenvalue weighted by atomic mass is 10.1. The number of nitrogens with zero attached hydrogens (tertiary/aromatic N) is 1. The summed E-state index contributed by atoms with van der Waals surface area (Å²) in [6.45, 7) is 8.38. The molecule has 2 atom stereocenters. The van der Waals surface area contributed by atoms with E-state index in [9.17, 15) is 0 Å². The molecule has 0 aromatic heterocycles. The molecule has 3 nitrogen and oxygen atoms in total. The van der Waals surface area contributed by atoms with Gasteiger partial charge in [-0.05, 0) is 84.1 Å². The smallest absolute Gasteiger partial charge is 0.0975 e. The van der Waals surface area contributed by atoms with Crippen LogP contribution in [0.2, 0.25) is 0 Å². The van der Waals surface area contributed by atoms with E-state index in [1.807, 2.05) is 0 Å². The van der Waals surface area contributed by atoms with Gasteiger partial charge in [-0.1, -0.05) is 178 Å². The average molecular weight is 698 g/mol. The molecule has 0 N–H and O–H groups in total. The van der Waals surface area contributed by atoms with Crippen molar-refractivity contribution in [3.8, 4) is 0 Å². The molecule has 50 heavy (non-hydrogen) atoms. The van der Waals surface area contributed by atoms with Crippen LogP contribution in [0.25, 0.3) is 0 Å². The molecule has 0 aromatic carbocycles. The zero-order valence-electron chi connectivity index (χ0n) is 34.1. The Bertz CT molecular complexity index is 722. The summed E-state index contributed by atoms with van der Waals surface area (Å²) >= 11 is 0. The molecule has 0 spiro atoms. The maximum atomic E-state index is 6.33. The number of unbranched alkanes of at least 4 members (excludes halogenated alkanes) is 24. The number of hydrogen-bond donors (Lipinski definition) is 0. The minimum Gasteiger partial charge on any atom is -0.374 e. The zero-order valence-corrected chi connectivity index (χ0v) is 34.1. The van der Waals surface area contributed by atoms with E-state index in [1.54, 1.807) is 0 Å². The maximum Gasteiger partial charge on any atom is 0.0975 e. The van der Waals surface area contributed by atoms with Crippen LogP contribution in [-0.2, 0) is 9.47 Å². The molecule has 3 heteroatoms. The third kappa shape index (κ3) is 32.7. The first-order valence-electron chi connectivity index (χ1n) is 22.3. The minimum absolute atomic E-state index is 0.257. The molecule has 0 saturated carbocycles. The number of allylic oxidation sites excluding steroid dienone is 8. The SMILES string of the molecule is CCCCCC/C=C\C/C=C\CCCCCCCCCCO[C@@H]1CN(C)C[C@H]1OCCCCCCCCCC/C=C\C/C=C\CCCCCC. The molecule has 1 fully saturated rings. The van der Waals surface area contributed by atoms with E-state index >= 15 is 0 Å². The lowest BCUT2D eigenvalue weighted by Gasteiger charge is -2.20. The van der Waals surface area contributed by atoms with Crippen molar-refractivity contribution in [3.05, 3.63) is 48.6 Å². The highest BCUT2D eigenvalue weighted by molar-refractivity contribution is 4.93. The van der Waals surface area contributed by atoms with Gasteiger partial charge >= 0.3 is 0 Å². The van der Waals surface area contributed by atoms with Gasteiger partial charge in [0.05, 0.1) is 12.2 Å². The largest absolute Gasteiger partial charge is 0.374 e. The van der Waals surface area contributed by atoms with Gasteiger partial charge in [-0.15, -0.1) is 0 Å². The molecule has 0 unspecified atom stereocenters. The molecular formula is C47H87NO2. The molecule has 0 aromatic rings. The molecule has 0 bridgehead atoms. The van der Waals surface area contributed by atoms with Crippen LogP contribution < -0.4 is 0 Å². The van der Waals surface area contributed by atoms with Crippen molar-refractivity contribution < 1.29 is 9.47 Å². The van der Waals surface area contributed by atoms with Crippen molar-refractivity contribution >= 4 is 0 Å². The van der Waals surface area contributed by atoms with Crippen molar-refractivity contribution in [1.29, 1.82) is 0 Å². The molecule has 1 aliphatic heterocycles. The Balaban J connectivity index is 1.86. The highest BCUT2D eigenvalue weighted by Gasteiger charge is 2.32. The Morgan fingerprint density at radius 3 is 0.980 bits per heavy atom. The second-order valence-electron chi connectivity index (χ2n) is 15.3. The number of ether oxygens (including phenoxy) is 2. The van der Waals surface area contributed by atoms with E-state index < -0.39 is 0 Å². The van der Waals surface area contributed by atoms with Crippen LogP contribution in [0.15, 0.2) is 48.6 Å². The number of rotatable bonds is 38. The quantitative estimate of drug-likeness (QED) is 0.0473. The fourth-order valence-corrected chi connectivity index (χ4v) is 6.95. The maximum absolute atomic E-state index is 6.33. The van der Waals surface area contributed by atoms with Crippen molar-refractivity contribution in [1.82, 2.24) is 4.90 Å². The van der Waals surface area contributed by atoms with E-state index in [0.717, 1.165) is 39.1 Å². The Hall–Kier alpha value is -1.16. The van der Waals surface area contributed by atoms with E-state index in [2.05, 4.69) is 74.4 Å². The van der Waals surface area contributed by atoms with E-state index in [4.69, 9.17) is 9.47 Å². The number of likely N-dealkylation sites (N-methyl/N-ethyl adjacent to an activating group) is 1. The van der Waals surface area contributed by atoms with Gasteiger partial charge in [0.2, 0.25) is 0 Å². The molecule has 292 valence electrons.